The molecule has 1 rings (SSSR count). The molecular weight excluding hydrogens is 184 g/mol. The van der Waals surface area contributed by atoms with Gasteiger partial charge in [0.15, 0.2) is 0 Å². The molecule has 0 aromatic rings. The minimum Gasteiger partial charge on any atom is -0.378 e. The Morgan fingerprint density at radius 1 is 1.40 bits per heavy atom. The van der Waals surface area contributed by atoms with Gasteiger partial charge in [0.2, 0.25) is 0 Å². The van der Waals surface area contributed by atoms with E-state index in [4.69, 9.17) is 4.74 Å². The van der Waals surface area contributed by atoms with Crippen LogP contribution in [0, 0.1) is 11.3 Å². The lowest BCUT2D eigenvalue weighted by molar-refractivity contribution is -0.0263. The Hall–Kier alpha value is -0.0400. The Labute approximate surface area is 95.6 Å². The Balaban J connectivity index is 2.35. The van der Waals surface area contributed by atoms with Crippen LogP contribution in [-0.4, -0.2) is 12.7 Å². The lowest BCUT2D eigenvalue weighted by Gasteiger charge is -2.41. The Morgan fingerprint density at radius 3 is 2.73 bits per heavy atom. The summed E-state index contributed by atoms with van der Waals surface area (Å²) in [5.74, 6) is 0.787. The van der Waals surface area contributed by atoms with Gasteiger partial charge in [0.1, 0.15) is 0 Å². The Kier molecular flexibility index (Phi) is 5.11. The van der Waals surface area contributed by atoms with Crippen molar-refractivity contribution in [1.29, 1.82) is 0 Å². The zero-order chi connectivity index (χ0) is 11.3. The van der Waals surface area contributed by atoms with Gasteiger partial charge >= 0.3 is 0 Å². The summed E-state index contributed by atoms with van der Waals surface area (Å²) >= 11 is 0. The third-order valence-electron chi connectivity index (χ3n) is 4.21. The second-order valence-corrected chi connectivity index (χ2v) is 5.75. The maximum Gasteiger partial charge on any atom is 0.0580 e. The van der Waals surface area contributed by atoms with E-state index in [1.54, 1.807) is 0 Å². The third kappa shape index (κ3) is 3.79. The van der Waals surface area contributed by atoms with Crippen LogP contribution in [-0.2, 0) is 4.74 Å². The minimum atomic E-state index is 0.523. The average Bonchev–Trinajstić information content (AvgIpc) is 2.18. The molecule has 0 N–H and O–H groups in total. The predicted octanol–water partition coefficient (Wildman–Crippen LogP) is 4.41. The van der Waals surface area contributed by atoms with Gasteiger partial charge < -0.3 is 4.74 Å². The fourth-order valence-electron chi connectivity index (χ4n) is 2.52. The van der Waals surface area contributed by atoms with Crippen LogP contribution in [0.5, 0.6) is 0 Å². The smallest absolute Gasteiger partial charge is 0.0580 e. The summed E-state index contributed by atoms with van der Waals surface area (Å²) < 4.78 is 5.97. The molecule has 0 aromatic heterocycles. The molecule has 15 heavy (non-hydrogen) atoms. The van der Waals surface area contributed by atoms with Crippen LogP contribution < -0.4 is 0 Å². The number of unbranched alkanes of at least 4 members (excludes halogenated alkanes) is 1. The van der Waals surface area contributed by atoms with Crippen molar-refractivity contribution in [2.45, 2.75) is 72.3 Å². The second-order valence-electron chi connectivity index (χ2n) is 5.75. The second kappa shape index (κ2) is 5.89. The van der Waals surface area contributed by atoms with Gasteiger partial charge in [-0.3, -0.25) is 0 Å². The van der Waals surface area contributed by atoms with Crippen molar-refractivity contribution in [3.63, 3.8) is 0 Å². The van der Waals surface area contributed by atoms with Gasteiger partial charge in [-0.25, -0.2) is 0 Å². The summed E-state index contributed by atoms with van der Waals surface area (Å²) in [6.07, 6.45) is 8.30. The van der Waals surface area contributed by atoms with Gasteiger partial charge in [0, 0.05) is 6.61 Å². The lowest BCUT2D eigenvalue weighted by atomic mass is 9.67. The van der Waals surface area contributed by atoms with Gasteiger partial charge in [-0.2, -0.15) is 0 Å². The molecule has 2 atom stereocenters. The normalized spacial score (nSPS) is 32.2. The molecule has 1 saturated carbocycles. The Bertz CT molecular complexity index is 176. The highest BCUT2D eigenvalue weighted by molar-refractivity contribution is 4.85. The maximum absolute atomic E-state index is 5.97. The molecule has 2 unspecified atom stereocenters. The molecule has 0 radical (unpaired) electrons. The van der Waals surface area contributed by atoms with E-state index in [0.717, 1.165) is 12.5 Å². The lowest BCUT2D eigenvalue weighted by Crippen LogP contribution is -2.34. The van der Waals surface area contributed by atoms with Crippen LogP contribution in [0.3, 0.4) is 0 Å². The summed E-state index contributed by atoms with van der Waals surface area (Å²) in [6.45, 7) is 10.3. The summed E-state index contributed by atoms with van der Waals surface area (Å²) in [6, 6.07) is 0. The van der Waals surface area contributed by atoms with Crippen LogP contribution in [0.25, 0.3) is 0 Å². The number of hydrogen-bond acceptors (Lipinski definition) is 1. The van der Waals surface area contributed by atoms with Crippen molar-refractivity contribution in [3.8, 4) is 0 Å². The highest BCUT2D eigenvalue weighted by Crippen LogP contribution is 2.42. The molecule has 0 spiro atoms. The maximum atomic E-state index is 5.97. The first-order valence-electron chi connectivity index (χ1n) is 6.70. The molecule has 1 fully saturated rings. The third-order valence-corrected chi connectivity index (χ3v) is 4.21. The van der Waals surface area contributed by atoms with Crippen LogP contribution in [0.1, 0.15) is 66.2 Å². The molecule has 0 aliphatic heterocycles. The highest BCUT2D eigenvalue weighted by Gasteiger charge is 2.34. The molecule has 1 heteroatoms. The van der Waals surface area contributed by atoms with Gasteiger partial charge in [0.25, 0.3) is 0 Å². The zero-order valence-corrected chi connectivity index (χ0v) is 11.0. The van der Waals surface area contributed by atoms with E-state index in [1.807, 2.05) is 0 Å². The van der Waals surface area contributed by atoms with Crippen molar-refractivity contribution in [2.75, 3.05) is 6.61 Å². The summed E-state index contributed by atoms with van der Waals surface area (Å²) in [5.41, 5.74) is 0.523. The number of ether oxygens (including phenoxy) is 1. The first-order chi connectivity index (χ1) is 7.08. The molecule has 0 aromatic carbocycles. The fraction of sp³-hybridized carbons (Fsp3) is 1.00. The summed E-state index contributed by atoms with van der Waals surface area (Å²) in [4.78, 5) is 0. The number of rotatable bonds is 5. The van der Waals surface area contributed by atoms with E-state index in [1.165, 1.54) is 38.5 Å². The topological polar surface area (TPSA) is 9.23 Å². The van der Waals surface area contributed by atoms with E-state index >= 15 is 0 Å². The average molecular weight is 212 g/mol. The van der Waals surface area contributed by atoms with E-state index in [0.29, 0.717) is 11.5 Å². The molecule has 90 valence electrons. The summed E-state index contributed by atoms with van der Waals surface area (Å²) in [7, 11) is 0. The van der Waals surface area contributed by atoms with E-state index in [-0.39, 0.29) is 0 Å². The molecule has 1 aliphatic rings. The van der Waals surface area contributed by atoms with Crippen LogP contribution >= 0.6 is 0 Å². The van der Waals surface area contributed by atoms with Crippen LogP contribution in [0.15, 0.2) is 0 Å². The molecule has 1 nitrogen and oxygen atoms in total. The van der Waals surface area contributed by atoms with Crippen molar-refractivity contribution in [2.24, 2.45) is 11.3 Å². The molecule has 0 heterocycles. The standard InChI is InChI=1S/C14H28O/c1-5-6-10-15-13-8-7-9-14(4,11-13)12(2)3/h12-13H,5-11H2,1-4H3. The van der Waals surface area contributed by atoms with Gasteiger partial charge in [-0.05, 0) is 37.0 Å². The highest BCUT2D eigenvalue weighted by atomic mass is 16.5. The first-order valence-corrected chi connectivity index (χ1v) is 6.70. The minimum absolute atomic E-state index is 0.523. The fourth-order valence-corrected chi connectivity index (χ4v) is 2.52. The monoisotopic (exact) mass is 212 g/mol. The van der Waals surface area contributed by atoms with E-state index in [9.17, 15) is 0 Å². The largest absolute Gasteiger partial charge is 0.378 e. The van der Waals surface area contributed by atoms with Gasteiger partial charge in [0.05, 0.1) is 6.10 Å². The molecule has 0 bridgehead atoms. The predicted molar refractivity (Wildman–Crippen MR) is 66.1 cm³/mol. The van der Waals surface area contributed by atoms with Crippen molar-refractivity contribution < 1.29 is 4.74 Å². The van der Waals surface area contributed by atoms with Crippen molar-refractivity contribution in [3.05, 3.63) is 0 Å². The number of hydrogen-bond donors (Lipinski definition) is 0. The van der Waals surface area contributed by atoms with E-state index < -0.39 is 0 Å². The van der Waals surface area contributed by atoms with Crippen LogP contribution in [0.2, 0.25) is 0 Å². The van der Waals surface area contributed by atoms with Gasteiger partial charge in [-0.1, -0.05) is 40.5 Å². The molecular formula is C14H28O. The van der Waals surface area contributed by atoms with Crippen molar-refractivity contribution in [1.82, 2.24) is 0 Å². The molecule has 0 amide bonds. The molecule has 0 saturated heterocycles. The summed E-state index contributed by atoms with van der Waals surface area (Å²) in [5, 5.41) is 0. The van der Waals surface area contributed by atoms with Crippen LogP contribution in [0.4, 0.5) is 0 Å². The van der Waals surface area contributed by atoms with E-state index in [2.05, 4.69) is 27.7 Å². The zero-order valence-electron chi connectivity index (χ0n) is 11.0. The molecule has 1 aliphatic carbocycles. The quantitative estimate of drug-likeness (QED) is 0.613. The SMILES string of the molecule is CCCCOC1CCCC(C)(C(C)C)C1. The van der Waals surface area contributed by atoms with Crippen molar-refractivity contribution >= 4 is 0 Å². The van der Waals surface area contributed by atoms with Gasteiger partial charge in [-0.15, -0.1) is 0 Å². The first kappa shape index (κ1) is 13.0. The Morgan fingerprint density at radius 2 is 2.13 bits per heavy atom.